The lowest BCUT2D eigenvalue weighted by Crippen LogP contribution is -2.55. The number of nitrogens with zero attached hydrogens (tertiary/aromatic N) is 1. The molecule has 1 aromatic rings. The molecule has 1 saturated heterocycles. The quantitative estimate of drug-likeness (QED) is 0.767. The van der Waals surface area contributed by atoms with Gasteiger partial charge in [-0.25, -0.2) is 8.42 Å². The second-order valence-corrected chi connectivity index (χ2v) is 6.98. The van der Waals surface area contributed by atoms with Gasteiger partial charge in [0.15, 0.2) is 0 Å². The van der Waals surface area contributed by atoms with Crippen LogP contribution in [0, 0.1) is 0 Å². The van der Waals surface area contributed by atoms with Crippen LogP contribution in [0.5, 0.6) is 0 Å². The van der Waals surface area contributed by atoms with Gasteiger partial charge in [0.1, 0.15) is 6.04 Å². The van der Waals surface area contributed by atoms with E-state index in [9.17, 15) is 13.2 Å². The van der Waals surface area contributed by atoms with E-state index in [1.54, 1.807) is 24.3 Å². The highest BCUT2D eigenvalue weighted by Crippen LogP contribution is 2.18. The molecule has 2 N–H and O–H groups in total. The summed E-state index contributed by atoms with van der Waals surface area (Å²) in [6.45, 7) is 0.542. The van der Waals surface area contributed by atoms with Crippen LogP contribution in [0.2, 0.25) is 0 Å². The molecule has 1 aliphatic rings. The molecule has 110 valence electrons. The number of carboxylic acids is 1. The Balaban J connectivity index is 2.22. The Morgan fingerprint density at radius 1 is 1.40 bits per heavy atom. The minimum absolute atomic E-state index is 0.0577. The molecule has 1 heterocycles. The molecule has 0 saturated carbocycles. The third kappa shape index (κ3) is 3.20. The van der Waals surface area contributed by atoms with Crippen LogP contribution in [0.15, 0.2) is 29.2 Å². The molecule has 1 aliphatic heterocycles. The van der Waals surface area contributed by atoms with Gasteiger partial charge in [0.05, 0.1) is 4.90 Å². The number of hydrogen-bond acceptors (Lipinski definition) is 4. The van der Waals surface area contributed by atoms with E-state index in [0.717, 1.165) is 5.56 Å². The number of carboxylic acid groups (broad SMARTS) is 1. The van der Waals surface area contributed by atoms with E-state index in [1.165, 1.54) is 4.31 Å². The SMILES string of the molecule is O=C(O)C1CN(S(=O)(=O)c2ccc(CBr)cc2)CCN1. The highest BCUT2D eigenvalue weighted by atomic mass is 79.9. The lowest BCUT2D eigenvalue weighted by molar-refractivity contribution is -0.140. The zero-order valence-electron chi connectivity index (χ0n) is 10.6. The van der Waals surface area contributed by atoms with E-state index in [2.05, 4.69) is 21.2 Å². The number of halogens is 1. The number of piperazine rings is 1. The maximum Gasteiger partial charge on any atom is 0.322 e. The molecule has 1 fully saturated rings. The summed E-state index contributed by atoms with van der Waals surface area (Å²) in [7, 11) is -3.64. The van der Waals surface area contributed by atoms with Crippen molar-refractivity contribution in [1.82, 2.24) is 9.62 Å². The normalized spacial score (nSPS) is 20.8. The molecular weight excluding hydrogens is 348 g/mol. The third-order valence-electron chi connectivity index (χ3n) is 3.15. The summed E-state index contributed by atoms with van der Waals surface area (Å²) >= 11 is 3.30. The van der Waals surface area contributed by atoms with Crippen molar-refractivity contribution >= 4 is 31.9 Å². The molecule has 0 spiro atoms. The van der Waals surface area contributed by atoms with Gasteiger partial charge in [0.25, 0.3) is 0 Å². The summed E-state index contributed by atoms with van der Waals surface area (Å²) in [6.07, 6.45) is 0. The van der Waals surface area contributed by atoms with Crippen molar-refractivity contribution in [3.63, 3.8) is 0 Å². The largest absolute Gasteiger partial charge is 0.480 e. The number of carbonyl (C=O) groups is 1. The van der Waals surface area contributed by atoms with E-state index in [0.29, 0.717) is 11.9 Å². The topological polar surface area (TPSA) is 86.7 Å². The minimum Gasteiger partial charge on any atom is -0.480 e. The van der Waals surface area contributed by atoms with Crippen LogP contribution in [0.4, 0.5) is 0 Å². The van der Waals surface area contributed by atoms with Crippen molar-refractivity contribution in [1.29, 1.82) is 0 Å². The zero-order valence-corrected chi connectivity index (χ0v) is 13.0. The van der Waals surface area contributed by atoms with Crippen molar-refractivity contribution in [2.24, 2.45) is 0 Å². The molecule has 2 rings (SSSR count). The van der Waals surface area contributed by atoms with Gasteiger partial charge in [-0.3, -0.25) is 4.79 Å². The first-order chi connectivity index (χ1) is 9.45. The Hall–Kier alpha value is -0.960. The molecule has 0 bridgehead atoms. The third-order valence-corrected chi connectivity index (χ3v) is 5.68. The van der Waals surface area contributed by atoms with E-state index in [4.69, 9.17) is 5.11 Å². The standard InChI is InChI=1S/C12H15BrN2O4S/c13-7-9-1-3-10(4-2-9)20(18,19)15-6-5-14-11(8-15)12(16)17/h1-4,11,14H,5-8H2,(H,16,17). The number of rotatable bonds is 4. The van der Waals surface area contributed by atoms with Crippen LogP contribution >= 0.6 is 15.9 Å². The Morgan fingerprint density at radius 2 is 2.05 bits per heavy atom. The predicted molar refractivity (Wildman–Crippen MR) is 77.3 cm³/mol. The number of hydrogen-bond donors (Lipinski definition) is 2. The monoisotopic (exact) mass is 362 g/mol. The van der Waals surface area contributed by atoms with E-state index < -0.39 is 22.0 Å². The first-order valence-electron chi connectivity index (χ1n) is 6.06. The molecule has 0 radical (unpaired) electrons. The summed E-state index contributed by atoms with van der Waals surface area (Å²) in [5, 5.41) is 12.4. The predicted octanol–water partition coefficient (Wildman–Crippen LogP) is 0.629. The van der Waals surface area contributed by atoms with Gasteiger partial charge in [-0.15, -0.1) is 0 Å². The first-order valence-corrected chi connectivity index (χ1v) is 8.62. The van der Waals surface area contributed by atoms with Crippen LogP contribution in [0.1, 0.15) is 5.56 Å². The molecule has 0 aromatic heterocycles. The summed E-state index contributed by atoms with van der Waals surface area (Å²) < 4.78 is 26.1. The van der Waals surface area contributed by atoms with Gasteiger partial charge in [-0.1, -0.05) is 28.1 Å². The van der Waals surface area contributed by atoms with Gasteiger partial charge < -0.3 is 10.4 Å². The number of nitrogens with one attached hydrogen (secondary N) is 1. The maximum absolute atomic E-state index is 12.4. The summed E-state index contributed by atoms with van der Waals surface area (Å²) in [5.74, 6) is -1.04. The lowest BCUT2D eigenvalue weighted by atomic mass is 10.2. The van der Waals surface area contributed by atoms with Gasteiger partial charge >= 0.3 is 5.97 Å². The molecular formula is C12H15BrN2O4S. The highest BCUT2D eigenvalue weighted by Gasteiger charge is 2.32. The van der Waals surface area contributed by atoms with Gasteiger partial charge in [-0.05, 0) is 17.7 Å². The summed E-state index contributed by atoms with van der Waals surface area (Å²) in [5.41, 5.74) is 0.979. The fraction of sp³-hybridized carbons (Fsp3) is 0.417. The molecule has 1 aromatic carbocycles. The Bertz CT molecular complexity index is 588. The Kier molecular flexibility index (Phi) is 4.79. The van der Waals surface area contributed by atoms with Crippen LogP contribution in [0.25, 0.3) is 0 Å². The van der Waals surface area contributed by atoms with Crippen molar-refractivity contribution in [2.45, 2.75) is 16.3 Å². The fourth-order valence-electron chi connectivity index (χ4n) is 2.01. The molecule has 0 amide bonds. The van der Waals surface area contributed by atoms with Gasteiger partial charge in [0, 0.05) is 25.0 Å². The highest BCUT2D eigenvalue weighted by molar-refractivity contribution is 9.08. The molecule has 1 atom stereocenters. The molecule has 1 unspecified atom stereocenters. The zero-order chi connectivity index (χ0) is 14.8. The first kappa shape index (κ1) is 15.4. The minimum atomic E-state index is -3.64. The van der Waals surface area contributed by atoms with Gasteiger partial charge in [0.2, 0.25) is 10.0 Å². The summed E-state index contributed by atoms with van der Waals surface area (Å²) in [6, 6.07) is 5.70. The van der Waals surface area contributed by atoms with Crippen LogP contribution in [0.3, 0.4) is 0 Å². The average molecular weight is 363 g/mol. The molecule has 20 heavy (non-hydrogen) atoms. The number of aliphatic carboxylic acids is 1. The van der Waals surface area contributed by atoms with Crippen molar-refractivity contribution in [2.75, 3.05) is 19.6 Å². The van der Waals surface area contributed by atoms with E-state index in [-0.39, 0.29) is 18.0 Å². The van der Waals surface area contributed by atoms with Gasteiger partial charge in [-0.2, -0.15) is 4.31 Å². The fourth-order valence-corrected chi connectivity index (χ4v) is 3.84. The number of alkyl halides is 1. The number of sulfonamides is 1. The maximum atomic E-state index is 12.4. The number of benzene rings is 1. The molecule has 6 nitrogen and oxygen atoms in total. The van der Waals surface area contributed by atoms with Crippen LogP contribution in [-0.2, 0) is 20.1 Å². The lowest BCUT2D eigenvalue weighted by Gasteiger charge is -2.30. The van der Waals surface area contributed by atoms with Crippen molar-refractivity contribution < 1.29 is 18.3 Å². The van der Waals surface area contributed by atoms with Crippen molar-refractivity contribution in [3.05, 3.63) is 29.8 Å². The smallest absolute Gasteiger partial charge is 0.322 e. The Labute approximate surface area is 126 Å². The second kappa shape index (κ2) is 6.21. The van der Waals surface area contributed by atoms with E-state index in [1.807, 2.05) is 0 Å². The Morgan fingerprint density at radius 3 is 2.60 bits per heavy atom. The summed E-state index contributed by atoms with van der Waals surface area (Å²) in [4.78, 5) is 11.1. The average Bonchev–Trinajstić information content (AvgIpc) is 2.47. The van der Waals surface area contributed by atoms with Crippen LogP contribution < -0.4 is 5.32 Å². The molecule has 0 aliphatic carbocycles. The van der Waals surface area contributed by atoms with Crippen LogP contribution in [-0.4, -0.2) is 49.5 Å². The van der Waals surface area contributed by atoms with E-state index >= 15 is 0 Å². The van der Waals surface area contributed by atoms with Crippen molar-refractivity contribution in [3.8, 4) is 0 Å². The second-order valence-electron chi connectivity index (χ2n) is 4.49. The molecule has 8 heteroatoms.